The van der Waals surface area contributed by atoms with Crippen LogP contribution in [0.4, 0.5) is 0 Å². The molecule has 1 N–H and O–H groups in total. The Morgan fingerprint density at radius 1 is 1.03 bits per heavy atom. The van der Waals surface area contributed by atoms with Gasteiger partial charge in [0, 0.05) is 6.07 Å². The maximum Gasteiger partial charge on any atom is 0.163 e. The second-order valence-corrected chi connectivity index (χ2v) is 8.47. The zero-order valence-electron chi connectivity index (χ0n) is 18.2. The minimum atomic E-state index is -0.139. The van der Waals surface area contributed by atoms with E-state index in [2.05, 4.69) is 35.2 Å². The van der Waals surface area contributed by atoms with Gasteiger partial charge in [0.1, 0.15) is 11.5 Å². The molecule has 0 aromatic heterocycles. The zero-order chi connectivity index (χ0) is 21.2. The van der Waals surface area contributed by atoms with Crippen LogP contribution in [0.25, 0.3) is 0 Å². The number of nitrogens with zero attached hydrogens (tertiary/aromatic N) is 1. The van der Waals surface area contributed by atoms with E-state index in [1.54, 1.807) is 12.1 Å². The summed E-state index contributed by atoms with van der Waals surface area (Å²) >= 11 is 0. The first-order valence-electron chi connectivity index (χ1n) is 11.3. The van der Waals surface area contributed by atoms with Crippen LogP contribution in [-0.4, -0.2) is 42.0 Å². The maximum absolute atomic E-state index is 11.3. The number of hydrogen-bond donors (Lipinski definition) is 1. The zero-order valence-corrected chi connectivity index (χ0v) is 18.2. The molecule has 0 spiro atoms. The molecule has 0 saturated carbocycles. The SMILES string of the molecule is CC(=O)c1ccc(OCCCCCCN2CCC(Cc3ccccc3)CC2)cc1O. The number of hydrogen-bond acceptors (Lipinski definition) is 4. The molecule has 0 atom stereocenters. The van der Waals surface area contributed by atoms with Gasteiger partial charge < -0.3 is 14.7 Å². The fraction of sp³-hybridized carbons (Fsp3) is 0.500. The number of ketones is 1. The standard InChI is InChI=1S/C26H35NO3/c1-21(28)25-12-11-24(20-26(25)29)30-18-8-3-2-7-15-27-16-13-23(14-17-27)19-22-9-5-4-6-10-22/h4-6,9-12,20,23,29H,2-3,7-8,13-19H2,1H3. The van der Waals surface area contributed by atoms with Crippen LogP contribution in [0.2, 0.25) is 0 Å². The molecule has 1 fully saturated rings. The highest BCUT2D eigenvalue weighted by Gasteiger charge is 2.18. The normalized spacial score (nSPS) is 15.2. The van der Waals surface area contributed by atoms with Crippen LogP contribution >= 0.6 is 0 Å². The minimum absolute atomic E-state index is 0.00691. The summed E-state index contributed by atoms with van der Waals surface area (Å²) in [6, 6.07) is 15.8. The Bertz CT molecular complexity index is 782. The number of likely N-dealkylation sites (tertiary alicyclic amines) is 1. The van der Waals surface area contributed by atoms with Crippen LogP contribution in [0.5, 0.6) is 11.5 Å². The van der Waals surface area contributed by atoms with Crippen molar-refractivity contribution in [2.24, 2.45) is 5.92 Å². The third-order valence-corrected chi connectivity index (χ3v) is 6.06. The fourth-order valence-electron chi connectivity index (χ4n) is 4.24. The Kier molecular flexibility index (Phi) is 8.76. The monoisotopic (exact) mass is 409 g/mol. The van der Waals surface area contributed by atoms with E-state index >= 15 is 0 Å². The van der Waals surface area contributed by atoms with Crippen LogP contribution < -0.4 is 4.74 Å². The van der Waals surface area contributed by atoms with Crippen molar-refractivity contribution in [1.29, 1.82) is 0 Å². The summed E-state index contributed by atoms with van der Waals surface area (Å²) in [6.07, 6.45) is 8.50. The molecule has 4 heteroatoms. The second kappa shape index (κ2) is 11.8. The van der Waals surface area contributed by atoms with Crippen molar-refractivity contribution in [3.05, 3.63) is 59.7 Å². The quantitative estimate of drug-likeness (QED) is 0.394. The lowest BCUT2D eigenvalue weighted by Crippen LogP contribution is -2.35. The van der Waals surface area contributed by atoms with Crippen molar-refractivity contribution in [3.63, 3.8) is 0 Å². The molecule has 0 bridgehead atoms. The van der Waals surface area contributed by atoms with Gasteiger partial charge in [-0.2, -0.15) is 0 Å². The number of phenols is 1. The number of rotatable bonds is 11. The van der Waals surface area contributed by atoms with Crippen molar-refractivity contribution >= 4 is 5.78 Å². The van der Waals surface area contributed by atoms with Gasteiger partial charge in [-0.05, 0) is 82.3 Å². The smallest absolute Gasteiger partial charge is 0.163 e. The summed E-state index contributed by atoms with van der Waals surface area (Å²) in [6.45, 7) is 5.77. The number of aromatic hydroxyl groups is 1. The van der Waals surface area contributed by atoms with Gasteiger partial charge in [0.2, 0.25) is 0 Å². The Morgan fingerprint density at radius 3 is 2.47 bits per heavy atom. The molecule has 1 heterocycles. The highest BCUT2D eigenvalue weighted by atomic mass is 16.5. The van der Waals surface area contributed by atoms with E-state index in [4.69, 9.17) is 4.74 Å². The summed E-state index contributed by atoms with van der Waals surface area (Å²) in [5, 5.41) is 9.84. The Balaban J connectivity index is 1.22. The average Bonchev–Trinajstić information content (AvgIpc) is 2.75. The van der Waals surface area contributed by atoms with Gasteiger partial charge in [0.25, 0.3) is 0 Å². The molecule has 2 aromatic carbocycles. The first kappa shape index (κ1) is 22.4. The van der Waals surface area contributed by atoms with Crippen molar-refractivity contribution in [2.75, 3.05) is 26.2 Å². The lowest BCUT2D eigenvalue weighted by Gasteiger charge is -2.32. The molecule has 0 amide bonds. The first-order valence-corrected chi connectivity index (χ1v) is 11.3. The van der Waals surface area contributed by atoms with Gasteiger partial charge >= 0.3 is 0 Å². The van der Waals surface area contributed by atoms with Gasteiger partial charge in [0.15, 0.2) is 5.78 Å². The van der Waals surface area contributed by atoms with Crippen LogP contribution in [-0.2, 0) is 6.42 Å². The second-order valence-electron chi connectivity index (χ2n) is 8.47. The minimum Gasteiger partial charge on any atom is -0.507 e. The van der Waals surface area contributed by atoms with Gasteiger partial charge in [-0.3, -0.25) is 4.79 Å². The van der Waals surface area contributed by atoms with Gasteiger partial charge in [-0.1, -0.05) is 43.2 Å². The van der Waals surface area contributed by atoms with Crippen molar-refractivity contribution < 1.29 is 14.6 Å². The molecule has 4 nitrogen and oxygen atoms in total. The summed E-state index contributed by atoms with van der Waals surface area (Å²) in [4.78, 5) is 14.0. The van der Waals surface area contributed by atoms with E-state index in [9.17, 15) is 9.90 Å². The third-order valence-electron chi connectivity index (χ3n) is 6.06. The molecule has 30 heavy (non-hydrogen) atoms. The molecule has 1 saturated heterocycles. The highest BCUT2D eigenvalue weighted by Crippen LogP contribution is 2.24. The van der Waals surface area contributed by atoms with Crippen molar-refractivity contribution in [3.8, 4) is 11.5 Å². The molecular formula is C26H35NO3. The lowest BCUT2D eigenvalue weighted by molar-refractivity contribution is 0.101. The van der Waals surface area contributed by atoms with E-state index in [1.165, 1.54) is 70.3 Å². The van der Waals surface area contributed by atoms with Crippen LogP contribution in [0.1, 0.15) is 61.4 Å². The number of unbranched alkanes of at least 4 members (excludes halogenated alkanes) is 3. The number of phenolic OH excluding ortho intramolecular Hbond substituents is 1. The van der Waals surface area contributed by atoms with Crippen molar-refractivity contribution in [1.82, 2.24) is 4.90 Å². The Hall–Kier alpha value is -2.33. The van der Waals surface area contributed by atoms with E-state index in [-0.39, 0.29) is 11.5 Å². The number of piperidine rings is 1. The van der Waals surface area contributed by atoms with Gasteiger partial charge in [0.05, 0.1) is 12.2 Å². The lowest BCUT2D eigenvalue weighted by atomic mass is 9.90. The summed E-state index contributed by atoms with van der Waals surface area (Å²) in [5.41, 5.74) is 1.81. The molecule has 1 aliphatic heterocycles. The number of carbonyl (C=O) groups is 1. The summed E-state index contributed by atoms with van der Waals surface area (Å²) in [7, 11) is 0. The molecule has 0 aliphatic carbocycles. The van der Waals surface area contributed by atoms with E-state index < -0.39 is 0 Å². The molecule has 0 unspecified atom stereocenters. The largest absolute Gasteiger partial charge is 0.507 e. The van der Waals surface area contributed by atoms with Crippen LogP contribution in [0.15, 0.2) is 48.5 Å². The molecule has 1 aliphatic rings. The van der Waals surface area contributed by atoms with Crippen LogP contribution in [0, 0.1) is 5.92 Å². The number of carbonyl (C=O) groups excluding carboxylic acids is 1. The summed E-state index contributed by atoms with van der Waals surface area (Å²) < 4.78 is 5.70. The number of Topliss-reactive ketones (excluding diaryl/α,β-unsaturated/α-hetero) is 1. The Labute approximate surface area is 180 Å². The fourth-order valence-corrected chi connectivity index (χ4v) is 4.24. The molecular weight excluding hydrogens is 374 g/mol. The topological polar surface area (TPSA) is 49.8 Å². The molecule has 0 radical (unpaired) electrons. The molecule has 3 rings (SSSR count). The predicted octanol–water partition coefficient (Wildman–Crippen LogP) is 5.49. The maximum atomic E-state index is 11.3. The predicted molar refractivity (Wildman–Crippen MR) is 121 cm³/mol. The first-order chi connectivity index (χ1) is 14.6. The Morgan fingerprint density at radius 2 is 1.77 bits per heavy atom. The molecule has 2 aromatic rings. The number of benzene rings is 2. The van der Waals surface area contributed by atoms with Crippen molar-refractivity contribution in [2.45, 2.75) is 51.9 Å². The van der Waals surface area contributed by atoms with Gasteiger partial charge in [-0.25, -0.2) is 0 Å². The molecule has 162 valence electrons. The van der Waals surface area contributed by atoms with Gasteiger partial charge in [-0.15, -0.1) is 0 Å². The number of ether oxygens (including phenoxy) is 1. The van der Waals surface area contributed by atoms with E-state index in [0.29, 0.717) is 17.9 Å². The highest BCUT2D eigenvalue weighted by molar-refractivity contribution is 5.96. The van der Waals surface area contributed by atoms with Crippen LogP contribution in [0.3, 0.4) is 0 Å². The third kappa shape index (κ3) is 7.17. The average molecular weight is 410 g/mol. The summed E-state index contributed by atoms with van der Waals surface area (Å²) in [5.74, 6) is 1.31. The van der Waals surface area contributed by atoms with E-state index in [1.807, 2.05) is 0 Å². The van der Waals surface area contributed by atoms with E-state index in [0.717, 1.165) is 18.8 Å².